The monoisotopic (exact) mass is 288 g/mol. The van der Waals surface area contributed by atoms with Gasteiger partial charge in [0.2, 0.25) is 5.88 Å². The van der Waals surface area contributed by atoms with Crippen LogP contribution in [0.1, 0.15) is 12.0 Å². The van der Waals surface area contributed by atoms with Crippen molar-refractivity contribution in [1.82, 2.24) is 9.97 Å². The van der Waals surface area contributed by atoms with Crippen molar-refractivity contribution in [2.24, 2.45) is 0 Å². The molecule has 2 aromatic rings. The van der Waals surface area contributed by atoms with Crippen LogP contribution in [-0.2, 0) is 0 Å². The molecule has 0 bridgehead atoms. The first-order valence-electron chi connectivity index (χ1n) is 5.17. The topological polar surface area (TPSA) is 35.0 Å². The fourth-order valence-corrected chi connectivity index (χ4v) is 1.75. The molecule has 0 aliphatic heterocycles. The Morgan fingerprint density at radius 1 is 1.26 bits per heavy atom. The third-order valence-corrected chi connectivity index (χ3v) is 2.76. The average molecular weight is 289 g/mol. The summed E-state index contributed by atoms with van der Waals surface area (Å²) in [6, 6.07) is 3.42. The molecular formula is C12H8ClF3N2O. The molecule has 0 atom stereocenters. The van der Waals surface area contributed by atoms with Gasteiger partial charge in [-0.3, -0.25) is 0 Å². The number of hydrogen-bond donors (Lipinski definition) is 0. The number of halogens is 4. The minimum atomic E-state index is -2.84. The summed E-state index contributed by atoms with van der Waals surface area (Å²) in [4.78, 5) is 7.51. The van der Waals surface area contributed by atoms with Gasteiger partial charge in [0.25, 0.3) is 6.43 Å². The third-order valence-electron chi connectivity index (χ3n) is 2.47. The van der Waals surface area contributed by atoms with E-state index in [1.807, 2.05) is 0 Å². The van der Waals surface area contributed by atoms with Gasteiger partial charge in [0.05, 0.1) is 17.8 Å². The Labute approximate surface area is 112 Å². The van der Waals surface area contributed by atoms with Crippen molar-refractivity contribution in [3.05, 3.63) is 40.9 Å². The van der Waals surface area contributed by atoms with E-state index in [4.69, 9.17) is 16.3 Å². The van der Waals surface area contributed by atoms with E-state index < -0.39 is 17.8 Å². The van der Waals surface area contributed by atoms with Crippen LogP contribution in [0.3, 0.4) is 0 Å². The van der Waals surface area contributed by atoms with Gasteiger partial charge in [0, 0.05) is 17.2 Å². The van der Waals surface area contributed by atoms with Crippen LogP contribution in [0.25, 0.3) is 11.3 Å². The SMILES string of the molecule is COc1cc(-c2c(C(F)F)ccc(Cl)c2F)ncn1. The summed E-state index contributed by atoms with van der Waals surface area (Å²) in [7, 11) is 1.36. The highest BCUT2D eigenvalue weighted by atomic mass is 35.5. The summed E-state index contributed by atoms with van der Waals surface area (Å²) in [5, 5.41) is -0.253. The first-order valence-corrected chi connectivity index (χ1v) is 5.55. The Morgan fingerprint density at radius 3 is 2.63 bits per heavy atom. The van der Waals surface area contributed by atoms with Crippen molar-refractivity contribution >= 4 is 11.6 Å². The maximum absolute atomic E-state index is 14.0. The Bertz CT molecular complexity index is 608. The van der Waals surface area contributed by atoms with Crippen LogP contribution in [0.4, 0.5) is 13.2 Å². The van der Waals surface area contributed by atoms with Gasteiger partial charge in [0.1, 0.15) is 6.33 Å². The van der Waals surface area contributed by atoms with Gasteiger partial charge in [0.15, 0.2) is 5.82 Å². The van der Waals surface area contributed by atoms with Crippen molar-refractivity contribution in [1.29, 1.82) is 0 Å². The van der Waals surface area contributed by atoms with Gasteiger partial charge >= 0.3 is 0 Å². The molecule has 100 valence electrons. The van der Waals surface area contributed by atoms with Crippen molar-refractivity contribution in [2.75, 3.05) is 7.11 Å². The van der Waals surface area contributed by atoms with E-state index >= 15 is 0 Å². The molecule has 0 saturated heterocycles. The fourth-order valence-electron chi connectivity index (χ4n) is 1.60. The summed E-state index contributed by atoms with van der Waals surface area (Å²) in [5.41, 5.74) is -0.840. The second-order valence-electron chi connectivity index (χ2n) is 3.57. The van der Waals surface area contributed by atoms with Crippen molar-refractivity contribution in [2.45, 2.75) is 6.43 Å². The summed E-state index contributed by atoms with van der Waals surface area (Å²) >= 11 is 5.62. The predicted octanol–water partition coefficient (Wildman–Crippen LogP) is 3.88. The normalized spacial score (nSPS) is 10.8. The number of methoxy groups -OCH3 is 1. The van der Waals surface area contributed by atoms with Gasteiger partial charge in [-0.1, -0.05) is 17.7 Å². The first-order chi connectivity index (χ1) is 9.04. The first kappa shape index (κ1) is 13.6. The highest BCUT2D eigenvalue weighted by Crippen LogP contribution is 2.35. The lowest BCUT2D eigenvalue weighted by molar-refractivity contribution is 0.151. The minimum absolute atomic E-state index is 0.0119. The maximum atomic E-state index is 14.0. The molecule has 7 heteroatoms. The average Bonchev–Trinajstić information content (AvgIpc) is 2.41. The van der Waals surface area contributed by atoms with E-state index in [0.717, 1.165) is 18.5 Å². The summed E-state index contributed by atoms with van der Waals surface area (Å²) in [5.74, 6) is -0.801. The fraction of sp³-hybridized carbons (Fsp3) is 0.167. The highest BCUT2D eigenvalue weighted by Gasteiger charge is 2.21. The molecule has 0 spiro atoms. The second kappa shape index (κ2) is 5.44. The molecule has 0 unspecified atom stereocenters. The second-order valence-corrected chi connectivity index (χ2v) is 3.98. The Balaban J connectivity index is 2.68. The highest BCUT2D eigenvalue weighted by molar-refractivity contribution is 6.31. The van der Waals surface area contributed by atoms with Gasteiger partial charge < -0.3 is 4.74 Å². The minimum Gasteiger partial charge on any atom is -0.481 e. The van der Waals surface area contributed by atoms with Gasteiger partial charge in [-0.2, -0.15) is 0 Å². The van der Waals surface area contributed by atoms with Crippen LogP contribution >= 0.6 is 11.6 Å². The van der Waals surface area contributed by atoms with E-state index in [-0.39, 0.29) is 22.2 Å². The molecule has 1 aromatic carbocycles. The molecule has 0 aliphatic carbocycles. The number of rotatable bonds is 3. The maximum Gasteiger partial charge on any atom is 0.264 e. The molecule has 0 N–H and O–H groups in total. The number of hydrogen-bond acceptors (Lipinski definition) is 3. The number of nitrogens with zero attached hydrogens (tertiary/aromatic N) is 2. The summed E-state index contributed by atoms with van der Waals surface area (Å²) < 4.78 is 44.7. The molecule has 1 heterocycles. The van der Waals surface area contributed by atoms with E-state index in [9.17, 15) is 13.2 Å². The van der Waals surface area contributed by atoms with Crippen molar-refractivity contribution < 1.29 is 17.9 Å². The zero-order chi connectivity index (χ0) is 14.0. The van der Waals surface area contributed by atoms with Gasteiger partial charge in [-0.25, -0.2) is 23.1 Å². The zero-order valence-corrected chi connectivity index (χ0v) is 10.5. The molecule has 0 amide bonds. The lowest BCUT2D eigenvalue weighted by Crippen LogP contribution is -1.98. The number of ether oxygens (including phenoxy) is 1. The van der Waals surface area contributed by atoms with Crippen LogP contribution in [0.5, 0.6) is 5.88 Å². The lowest BCUT2D eigenvalue weighted by atomic mass is 10.0. The molecule has 0 aliphatic rings. The van der Waals surface area contributed by atoms with Crippen LogP contribution in [-0.4, -0.2) is 17.1 Å². The Kier molecular flexibility index (Phi) is 3.90. The van der Waals surface area contributed by atoms with Crippen LogP contribution in [0, 0.1) is 5.82 Å². The van der Waals surface area contributed by atoms with Crippen molar-refractivity contribution in [3.8, 4) is 17.1 Å². The van der Waals surface area contributed by atoms with E-state index in [2.05, 4.69) is 9.97 Å². The molecule has 1 aromatic heterocycles. The molecular weight excluding hydrogens is 281 g/mol. The standard InChI is InChI=1S/C12H8ClF3N2O/c1-19-9-4-8(17-5-18-9)10-6(12(15)16)2-3-7(13)11(10)14/h2-5,12H,1H3. The van der Waals surface area contributed by atoms with Crippen LogP contribution < -0.4 is 4.74 Å². The van der Waals surface area contributed by atoms with E-state index in [1.54, 1.807) is 0 Å². The summed E-state index contributed by atoms with van der Waals surface area (Å²) in [6.45, 7) is 0. The molecule has 0 radical (unpaired) electrons. The molecule has 2 rings (SSSR count). The Morgan fingerprint density at radius 2 is 2.00 bits per heavy atom. The smallest absolute Gasteiger partial charge is 0.264 e. The number of benzene rings is 1. The van der Waals surface area contributed by atoms with Crippen LogP contribution in [0.15, 0.2) is 24.5 Å². The van der Waals surface area contributed by atoms with E-state index in [0.29, 0.717) is 0 Å². The van der Waals surface area contributed by atoms with E-state index in [1.165, 1.54) is 13.2 Å². The van der Waals surface area contributed by atoms with Gasteiger partial charge in [-0.15, -0.1) is 0 Å². The molecule has 0 saturated carbocycles. The van der Waals surface area contributed by atoms with Crippen LogP contribution in [0.2, 0.25) is 5.02 Å². The third kappa shape index (κ3) is 2.63. The zero-order valence-electron chi connectivity index (χ0n) is 9.70. The van der Waals surface area contributed by atoms with Crippen molar-refractivity contribution in [3.63, 3.8) is 0 Å². The van der Waals surface area contributed by atoms with Gasteiger partial charge in [-0.05, 0) is 6.07 Å². The molecule has 0 fully saturated rings. The number of aromatic nitrogens is 2. The Hall–Kier alpha value is -1.82. The summed E-state index contributed by atoms with van der Waals surface area (Å²) in [6.07, 6.45) is -1.74. The quantitative estimate of drug-likeness (QED) is 0.859. The number of alkyl halides is 2. The molecule has 19 heavy (non-hydrogen) atoms. The lowest BCUT2D eigenvalue weighted by Gasteiger charge is -2.11. The molecule has 3 nitrogen and oxygen atoms in total. The largest absolute Gasteiger partial charge is 0.481 e. The predicted molar refractivity (Wildman–Crippen MR) is 63.9 cm³/mol.